The Kier molecular flexibility index (Phi) is 4.79. The topological polar surface area (TPSA) is 63.8 Å². The molecular weight excluding hydrogens is 407 g/mol. The zero-order chi connectivity index (χ0) is 15.4. The third-order valence-electron chi connectivity index (χ3n) is 2.91. The van der Waals surface area contributed by atoms with Crippen molar-refractivity contribution in [2.45, 2.75) is 9.92 Å². The predicted octanol–water partition coefficient (Wildman–Crippen LogP) is 4.56. The number of halogens is 1. The highest BCUT2D eigenvalue weighted by molar-refractivity contribution is 14.1. The van der Waals surface area contributed by atoms with Crippen LogP contribution >= 0.6 is 34.4 Å². The lowest BCUT2D eigenvalue weighted by atomic mass is 10.3. The van der Waals surface area contributed by atoms with E-state index in [2.05, 4.69) is 37.9 Å². The second-order valence-corrected chi connectivity index (χ2v) is 6.80. The van der Waals surface area contributed by atoms with Gasteiger partial charge in [0.05, 0.1) is 0 Å². The molecular formula is C16H13IN4S. The maximum Gasteiger partial charge on any atom is 0.158 e. The second kappa shape index (κ2) is 6.97. The van der Waals surface area contributed by atoms with E-state index in [9.17, 15) is 0 Å². The van der Waals surface area contributed by atoms with Gasteiger partial charge in [-0.05, 0) is 59.0 Å². The van der Waals surface area contributed by atoms with Gasteiger partial charge in [0.2, 0.25) is 0 Å². The Morgan fingerprint density at radius 3 is 2.41 bits per heavy atom. The third kappa shape index (κ3) is 3.69. The van der Waals surface area contributed by atoms with Crippen molar-refractivity contribution >= 4 is 51.5 Å². The number of nitrogens with zero attached hydrogens (tertiary/aromatic N) is 2. The molecule has 2 aromatic carbocycles. The molecule has 0 aliphatic heterocycles. The standard InChI is InChI=1S/C16H13IN4S/c17-11-6-8-12(9-7-11)21-15-14(18)16(20-10-19-15)22-13-4-2-1-3-5-13/h1-10H,18H2,(H,19,20,21). The van der Waals surface area contributed by atoms with E-state index in [0.29, 0.717) is 11.5 Å². The Labute approximate surface area is 146 Å². The van der Waals surface area contributed by atoms with Crippen molar-refractivity contribution in [3.05, 3.63) is 64.5 Å². The van der Waals surface area contributed by atoms with Crippen LogP contribution in [0.15, 0.2) is 70.8 Å². The van der Waals surface area contributed by atoms with Gasteiger partial charge in [0.15, 0.2) is 5.82 Å². The summed E-state index contributed by atoms with van der Waals surface area (Å²) in [4.78, 5) is 9.60. The van der Waals surface area contributed by atoms with Crippen LogP contribution in [0, 0.1) is 3.57 Å². The molecule has 0 aliphatic carbocycles. The maximum absolute atomic E-state index is 6.20. The average molecular weight is 420 g/mol. The summed E-state index contributed by atoms with van der Waals surface area (Å²) in [5.74, 6) is 0.620. The predicted molar refractivity (Wildman–Crippen MR) is 99.5 cm³/mol. The van der Waals surface area contributed by atoms with Gasteiger partial charge in [0, 0.05) is 14.2 Å². The molecule has 3 N–H and O–H groups in total. The largest absolute Gasteiger partial charge is 0.394 e. The van der Waals surface area contributed by atoms with E-state index < -0.39 is 0 Å². The summed E-state index contributed by atoms with van der Waals surface area (Å²) in [6.45, 7) is 0. The summed E-state index contributed by atoms with van der Waals surface area (Å²) in [6, 6.07) is 18.1. The third-order valence-corrected chi connectivity index (χ3v) is 4.66. The summed E-state index contributed by atoms with van der Waals surface area (Å²) >= 11 is 3.79. The Hall–Kier alpha value is -1.80. The first kappa shape index (κ1) is 15.1. The molecule has 0 aliphatic rings. The Morgan fingerprint density at radius 2 is 1.68 bits per heavy atom. The molecule has 3 rings (SSSR count). The number of nitrogens with one attached hydrogen (secondary N) is 1. The van der Waals surface area contributed by atoms with Crippen molar-refractivity contribution in [3.63, 3.8) is 0 Å². The summed E-state index contributed by atoms with van der Waals surface area (Å²) < 4.78 is 1.18. The molecule has 0 amide bonds. The van der Waals surface area contributed by atoms with Gasteiger partial charge in [-0.1, -0.05) is 30.0 Å². The van der Waals surface area contributed by atoms with E-state index in [0.717, 1.165) is 15.6 Å². The van der Waals surface area contributed by atoms with Crippen LogP contribution in [0.4, 0.5) is 17.2 Å². The summed E-state index contributed by atoms with van der Waals surface area (Å²) in [5, 5.41) is 3.98. The van der Waals surface area contributed by atoms with Crippen molar-refractivity contribution in [2.75, 3.05) is 11.1 Å². The van der Waals surface area contributed by atoms with Crippen molar-refractivity contribution in [1.82, 2.24) is 9.97 Å². The average Bonchev–Trinajstić information content (AvgIpc) is 2.54. The molecule has 1 aromatic heterocycles. The van der Waals surface area contributed by atoms with E-state index in [-0.39, 0.29) is 0 Å². The van der Waals surface area contributed by atoms with Crippen molar-refractivity contribution in [3.8, 4) is 0 Å². The van der Waals surface area contributed by atoms with Crippen LogP contribution in [0.5, 0.6) is 0 Å². The van der Waals surface area contributed by atoms with Crippen LogP contribution in [0.1, 0.15) is 0 Å². The number of hydrogen-bond donors (Lipinski definition) is 2. The Bertz CT molecular complexity index is 763. The van der Waals surface area contributed by atoms with Gasteiger partial charge in [-0.2, -0.15) is 0 Å². The molecule has 0 unspecified atom stereocenters. The molecule has 6 heteroatoms. The fourth-order valence-electron chi connectivity index (χ4n) is 1.83. The molecule has 22 heavy (non-hydrogen) atoms. The molecule has 0 saturated carbocycles. The highest BCUT2D eigenvalue weighted by Crippen LogP contribution is 2.33. The van der Waals surface area contributed by atoms with Gasteiger partial charge < -0.3 is 11.1 Å². The highest BCUT2D eigenvalue weighted by Gasteiger charge is 2.09. The summed E-state index contributed by atoms with van der Waals surface area (Å²) in [5.41, 5.74) is 7.70. The van der Waals surface area contributed by atoms with E-state index in [1.807, 2.05) is 54.6 Å². The minimum atomic E-state index is 0.551. The van der Waals surface area contributed by atoms with Crippen molar-refractivity contribution < 1.29 is 0 Å². The van der Waals surface area contributed by atoms with Crippen LogP contribution in [-0.2, 0) is 0 Å². The number of benzene rings is 2. The van der Waals surface area contributed by atoms with E-state index in [4.69, 9.17) is 5.73 Å². The fourth-order valence-corrected chi connectivity index (χ4v) is 3.01. The lowest BCUT2D eigenvalue weighted by Gasteiger charge is -2.11. The monoisotopic (exact) mass is 420 g/mol. The van der Waals surface area contributed by atoms with E-state index >= 15 is 0 Å². The van der Waals surface area contributed by atoms with Crippen molar-refractivity contribution in [2.24, 2.45) is 0 Å². The Balaban J connectivity index is 1.84. The lowest BCUT2D eigenvalue weighted by molar-refractivity contribution is 1.06. The first-order chi connectivity index (χ1) is 10.7. The zero-order valence-electron chi connectivity index (χ0n) is 11.5. The Morgan fingerprint density at radius 1 is 0.955 bits per heavy atom. The molecule has 3 aromatic rings. The summed E-state index contributed by atoms with van der Waals surface area (Å²) in [7, 11) is 0. The van der Waals surface area contributed by atoms with Gasteiger partial charge in [-0.25, -0.2) is 9.97 Å². The minimum absolute atomic E-state index is 0.551. The smallest absolute Gasteiger partial charge is 0.158 e. The van der Waals surface area contributed by atoms with E-state index in [1.54, 1.807) is 0 Å². The SMILES string of the molecule is Nc1c(Nc2ccc(I)cc2)ncnc1Sc1ccccc1. The molecule has 0 radical (unpaired) electrons. The van der Waals surface area contributed by atoms with Gasteiger partial charge >= 0.3 is 0 Å². The quantitative estimate of drug-likeness (QED) is 0.479. The number of aromatic nitrogens is 2. The normalized spacial score (nSPS) is 10.4. The van der Waals surface area contributed by atoms with Crippen LogP contribution in [0.2, 0.25) is 0 Å². The first-order valence-electron chi connectivity index (χ1n) is 6.58. The molecule has 0 fully saturated rings. The van der Waals surface area contributed by atoms with Crippen LogP contribution in [0.3, 0.4) is 0 Å². The van der Waals surface area contributed by atoms with E-state index in [1.165, 1.54) is 21.7 Å². The zero-order valence-corrected chi connectivity index (χ0v) is 14.5. The molecule has 4 nitrogen and oxygen atoms in total. The van der Waals surface area contributed by atoms with Crippen LogP contribution in [0.25, 0.3) is 0 Å². The second-order valence-electron chi connectivity index (χ2n) is 4.49. The first-order valence-corrected chi connectivity index (χ1v) is 8.48. The van der Waals surface area contributed by atoms with Crippen molar-refractivity contribution in [1.29, 1.82) is 0 Å². The molecule has 0 bridgehead atoms. The summed E-state index contributed by atoms with van der Waals surface area (Å²) in [6.07, 6.45) is 1.52. The highest BCUT2D eigenvalue weighted by atomic mass is 127. The van der Waals surface area contributed by atoms with Gasteiger partial charge in [0.25, 0.3) is 0 Å². The molecule has 110 valence electrons. The van der Waals surface area contributed by atoms with Gasteiger partial charge in [-0.15, -0.1) is 0 Å². The van der Waals surface area contributed by atoms with Crippen LogP contribution < -0.4 is 11.1 Å². The molecule has 0 spiro atoms. The molecule has 1 heterocycles. The molecule has 0 atom stereocenters. The number of hydrogen-bond acceptors (Lipinski definition) is 5. The number of anilines is 3. The van der Waals surface area contributed by atoms with Gasteiger partial charge in [-0.3, -0.25) is 0 Å². The minimum Gasteiger partial charge on any atom is -0.394 e. The maximum atomic E-state index is 6.20. The lowest BCUT2D eigenvalue weighted by Crippen LogP contribution is -2.02. The number of nitrogens with two attached hydrogens (primary N) is 1. The van der Waals surface area contributed by atoms with Gasteiger partial charge in [0.1, 0.15) is 17.0 Å². The number of rotatable bonds is 4. The van der Waals surface area contributed by atoms with Crippen LogP contribution in [-0.4, -0.2) is 9.97 Å². The fraction of sp³-hybridized carbons (Fsp3) is 0. The number of nitrogen functional groups attached to an aromatic ring is 1. The molecule has 0 saturated heterocycles.